The summed E-state index contributed by atoms with van der Waals surface area (Å²) < 4.78 is 39.0. The van der Waals surface area contributed by atoms with Crippen molar-refractivity contribution >= 4 is 29.1 Å². The van der Waals surface area contributed by atoms with E-state index in [2.05, 4.69) is 20.6 Å². The second-order valence-corrected chi connectivity index (χ2v) is 5.38. The SMILES string of the molecule is C[C@H](CO)Nc1nc(Nc2ccc(O)cc2Cl)cc(C(F)(F)F)n1. The van der Waals surface area contributed by atoms with Gasteiger partial charge >= 0.3 is 6.18 Å². The molecule has 0 spiro atoms. The number of anilines is 3. The van der Waals surface area contributed by atoms with Crippen LogP contribution in [0.3, 0.4) is 0 Å². The molecule has 1 aromatic carbocycles. The topological polar surface area (TPSA) is 90.3 Å². The molecule has 0 fully saturated rings. The molecule has 1 heterocycles. The highest BCUT2D eigenvalue weighted by atomic mass is 35.5. The number of phenolic OH excluding ortho intramolecular Hbond substituents is 1. The van der Waals surface area contributed by atoms with Gasteiger partial charge < -0.3 is 20.8 Å². The van der Waals surface area contributed by atoms with Gasteiger partial charge in [-0.05, 0) is 19.1 Å². The van der Waals surface area contributed by atoms with Crippen LogP contribution in [-0.2, 0) is 6.18 Å². The van der Waals surface area contributed by atoms with Crippen LogP contribution in [0.15, 0.2) is 24.3 Å². The highest BCUT2D eigenvalue weighted by Crippen LogP contribution is 2.32. The van der Waals surface area contributed by atoms with Crippen LogP contribution in [0.1, 0.15) is 12.6 Å². The number of alkyl halides is 3. The van der Waals surface area contributed by atoms with E-state index in [0.717, 1.165) is 6.07 Å². The fourth-order valence-electron chi connectivity index (χ4n) is 1.73. The van der Waals surface area contributed by atoms with E-state index in [4.69, 9.17) is 16.7 Å². The van der Waals surface area contributed by atoms with Crippen molar-refractivity contribution in [3.05, 3.63) is 35.0 Å². The smallest absolute Gasteiger partial charge is 0.433 e. The first-order chi connectivity index (χ1) is 11.2. The van der Waals surface area contributed by atoms with Crippen LogP contribution in [0.5, 0.6) is 5.75 Å². The fraction of sp³-hybridized carbons (Fsp3) is 0.286. The van der Waals surface area contributed by atoms with Gasteiger partial charge in [0.25, 0.3) is 0 Å². The molecule has 0 aliphatic rings. The molecule has 0 saturated carbocycles. The number of rotatable bonds is 5. The van der Waals surface area contributed by atoms with Gasteiger partial charge in [0.05, 0.1) is 17.3 Å². The Morgan fingerprint density at radius 3 is 2.54 bits per heavy atom. The highest BCUT2D eigenvalue weighted by Gasteiger charge is 2.34. The number of nitrogens with zero attached hydrogens (tertiary/aromatic N) is 2. The van der Waals surface area contributed by atoms with Crippen LogP contribution in [0, 0.1) is 0 Å². The first-order valence-electron chi connectivity index (χ1n) is 6.78. The van der Waals surface area contributed by atoms with Gasteiger partial charge in [0.15, 0.2) is 5.69 Å². The van der Waals surface area contributed by atoms with Crippen LogP contribution in [-0.4, -0.2) is 32.8 Å². The maximum atomic E-state index is 13.0. The van der Waals surface area contributed by atoms with Crippen LogP contribution >= 0.6 is 11.6 Å². The predicted octanol–water partition coefficient (Wildman–Crippen LogP) is 3.39. The number of phenols is 1. The molecule has 1 atom stereocenters. The summed E-state index contributed by atoms with van der Waals surface area (Å²) in [5.41, 5.74) is -0.884. The quantitative estimate of drug-likeness (QED) is 0.610. The van der Waals surface area contributed by atoms with E-state index in [-0.39, 0.29) is 34.8 Å². The number of aromatic hydroxyl groups is 1. The first-order valence-corrected chi connectivity index (χ1v) is 7.16. The summed E-state index contributed by atoms with van der Waals surface area (Å²) in [6, 6.07) is 4.17. The van der Waals surface area contributed by atoms with E-state index in [1.54, 1.807) is 6.92 Å². The third-order valence-corrected chi connectivity index (χ3v) is 3.19. The number of benzene rings is 1. The number of nitrogens with one attached hydrogen (secondary N) is 2. The monoisotopic (exact) mass is 362 g/mol. The zero-order valence-electron chi connectivity index (χ0n) is 12.4. The minimum Gasteiger partial charge on any atom is -0.508 e. The molecule has 4 N–H and O–H groups in total. The van der Waals surface area contributed by atoms with Crippen molar-refractivity contribution in [2.24, 2.45) is 0 Å². The van der Waals surface area contributed by atoms with Crippen molar-refractivity contribution < 1.29 is 23.4 Å². The third kappa shape index (κ3) is 4.62. The van der Waals surface area contributed by atoms with Crippen molar-refractivity contribution in [3.63, 3.8) is 0 Å². The van der Waals surface area contributed by atoms with Crippen LogP contribution in [0.2, 0.25) is 5.02 Å². The van der Waals surface area contributed by atoms with Gasteiger partial charge in [-0.2, -0.15) is 18.2 Å². The molecule has 0 aliphatic heterocycles. The lowest BCUT2D eigenvalue weighted by Crippen LogP contribution is -2.22. The van der Waals surface area contributed by atoms with Gasteiger partial charge in [-0.3, -0.25) is 0 Å². The zero-order chi connectivity index (χ0) is 17.9. The number of aromatic nitrogens is 2. The Bertz CT molecular complexity index is 728. The van der Waals surface area contributed by atoms with Gasteiger partial charge in [0.2, 0.25) is 5.95 Å². The van der Waals surface area contributed by atoms with Crippen LogP contribution in [0.4, 0.5) is 30.6 Å². The molecule has 24 heavy (non-hydrogen) atoms. The van der Waals surface area contributed by atoms with Gasteiger partial charge in [-0.1, -0.05) is 11.6 Å². The largest absolute Gasteiger partial charge is 0.508 e. The van der Waals surface area contributed by atoms with E-state index >= 15 is 0 Å². The molecule has 0 bridgehead atoms. The first kappa shape index (κ1) is 18.1. The minimum atomic E-state index is -4.67. The molecular weight excluding hydrogens is 349 g/mol. The van der Waals surface area contributed by atoms with Crippen molar-refractivity contribution in [1.29, 1.82) is 0 Å². The normalized spacial score (nSPS) is 12.8. The Kier molecular flexibility index (Phi) is 5.35. The van der Waals surface area contributed by atoms with Crippen molar-refractivity contribution in [2.45, 2.75) is 19.1 Å². The van der Waals surface area contributed by atoms with Gasteiger partial charge in [0, 0.05) is 18.2 Å². The molecule has 10 heteroatoms. The van der Waals surface area contributed by atoms with Crippen molar-refractivity contribution in [2.75, 3.05) is 17.2 Å². The Labute approximate surface area is 140 Å². The zero-order valence-corrected chi connectivity index (χ0v) is 13.2. The summed E-state index contributed by atoms with van der Waals surface area (Å²) in [5.74, 6) is -0.510. The van der Waals surface area contributed by atoms with E-state index in [9.17, 15) is 18.3 Å². The van der Waals surface area contributed by atoms with Crippen molar-refractivity contribution in [3.8, 4) is 5.75 Å². The number of aliphatic hydroxyl groups excluding tert-OH is 1. The van der Waals surface area contributed by atoms with E-state index < -0.39 is 17.9 Å². The maximum Gasteiger partial charge on any atom is 0.433 e. The maximum absolute atomic E-state index is 13.0. The molecular formula is C14H14ClF3N4O2. The third-order valence-electron chi connectivity index (χ3n) is 2.88. The minimum absolute atomic E-state index is 0.0802. The lowest BCUT2D eigenvalue weighted by molar-refractivity contribution is -0.141. The summed E-state index contributed by atoms with van der Waals surface area (Å²) in [5, 5.41) is 23.6. The summed E-state index contributed by atoms with van der Waals surface area (Å²) >= 11 is 5.92. The highest BCUT2D eigenvalue weighted by molar-refractivity contribution is 6.33. The molecule has 0 radical (unpaired) electrons. The fourth-order valence-corrected chi connectivity index (χ4v) is 1.95. The number of hydrogen-bond donors (Lipinski definition) is 4. The molecule has 0 aliphatic carbocycles. The Hall–Kier alpha value is -2.26. The Balaban J connectivity index is 2.38. The van der Waals surface area contributed by atoms with Gasteiger partial charge in [-0.25, -0.2) is 4.98 Å². The lowest BCUT2D eigenvalue weighted by Gasteiger charge is -2.15. The Morgan fingerprint density at radius 1 is 1.25 bits per heavy atom. The number of halogens is 4. The summed E-state index contributed by atoms with van der Waals surface area (Å²) in [4.78, 5) is 7.33. The van der Waals surface area contributed by atoms with Crippen molar-refractivity contribution in [1.82, 2.24) is 9.97 Å². The van der Waals surface area contributed by atoms with Gasteiger partial charge in [-0.15, -0.1) is 0 Å². The molecule has 0 unspecified atom stereocenters. The Morgan fingerprint density at radius 2 is 1.96 bits per heavy atom. The van der Waals surface area contributed by atoms with Crippen LogP contribution < -0.4 is 10.6 Å². The molecule has 2 aromatic rings. The average Bonchev–Trinajstić information content (AvgIpc) is 2.49. The summed E-state index contributed by atoms with van der Waals surface area (Å²) in [7, 11) is 0. The van der Waals surface area contributed by atoms with E-state index in [0.29, 0.717) is 0 Å². The molecule has 1 aromatic heterocycles. The lowest BCUT2D eigenvalue weighted by atomic mass is 10.3. The van der Waals surface area contributed by atoms with E-state index in [1.165, 1.54) is 18.2 Å². The molecule has 0 amide bonds. The molecule has 130 valence electrons. The summed E-state index contributed by atoms with van der Waals surface area (Å²) in [6.45, 7) is 1.26. The second-order valence-electron chi connectivity index (χ2n) is 4.98. The molecule has 6 nitrogen and oxygen atoms in total. The molecule has 2 rings (SSSR count). The number of aliphatic hydroxyl groups is 1. The number of hydrogen-bond acceptors (Lipinski definition) is 6. The second kappa shape index (κ2) is 7.10. The van der Waals surface area contributed by atoms with E-state index in [1.807, 2.05) is 0 Å². The standard InChI is InChI=1S/C14H14ClF3N4O2/c1-7(6-23)19-13-21-11(14(16,17)18)5-12(22-13)20-10-3-2-8(24)4-9(10)15/h2-5,7,23-24H,6H2,1H3,(H2,19,20,21,22)/t7-/m1/s1. The predicted molar refractivity (Wildman–Crippen MR) is 83.6 cm³/mol. The summed E-state index contributed by atoms with van der Waals surface area (Å²) in [6.07, 6.45) is -4.67. The van der Waals surface area contributed by atoms with Crippen LogP contribution in [0.25, 0.3) is 0 Å². The average molecular weight is 363 g/mol. The molecule has 0 saturated heterocycles. The van der Waals surface area contributed by atoms with Gasteiger partial charge in [0.1, 0.15) is 11.6 Å².